The minimum absolute atomic E-state index is 0.0703. The first kappa shape index (κ1) is 26.9. The molecule has 0 heterocycles. The average molecular weight is 450 g/mol. The molecular formula is C16H22N2O11S. The summed E-state index contributed by atoms with van der Waals surface area (Å²) in [4.78, 5) is 44.3. The molecule has 0 radical (unpaired) electrons. The Morgan fingerprint density at radius 1 is 0.667 bits per heavy atom. The molecule has 1 aromatic carbocycles. The summed E-state index contributed by atoms with van der Waals surface area (Å²) in [5, 5.41) is 34.5. The van der Waals surface area contributed by atoms with Gasteiger partial charge in [0.05, 0.1) is 31.1 Å². The Morgan fingerprint density at radius 2 is 0.967 bits per heavy atom. The zero-order valence-electron chi connectivity index (χ0n) is 15.6. The maximum Gasteiger partial charge on any atom is 0.317 e. The second-order valence-corrected chi connectivity index (χ2v) is 7.21. The lowest BCUT2D eigenvalue weighted by Gasteiger charge is -2.23. The number of carboxylic acid groups (broad SMARTS) is 4. The molecule has 0 atom stereocenters. The number of benzene rings is 1. The van der Waals surface area contributed by atoms with Crippen LogP contribution in [0.25, 0.3) is 0 Å². The van der Waals surface area contributed by atoms with Crippen molar-refractivity contribution in [1.82, 2.24) is 9.80 Å². The summed E-state index contributed by atoms with van der Waals surface area (Å²) < 4.78 is 29.2. The zero-order valence-corrected chi connectivity index (χ0v) is 16.4. The summed E-state index contributed by atoms with van der Waals surface area (Å²) in [6, 6.07) is 7.42. The van der Waals surface area contributed by atoms with Gasteiger partial charge in [-0.15, -0.1) is 0 Å². The third-order valence-electron chi connectivity index (χ3n) is 3.21. The van der Waals surface area contributed by atoms with Crippen molar-refractivity contribution in [3.05, 3.63) is 30.3 Å². The number of carboxylic acids is 4. The molecule has 0 unspecified atom stereocenters. The van der Waals surface area contributed by atoms with Gasteiger partial charge in [-0.3, -0.25) is 33.5 Å². The predicted octanol–water partition coefficient (Wildman–Crippen LogP) is -1.14. The monoisotopic (exact) mass is 450 g/mol. The quantitative estimate of drug-likeness (QED) is 0.239. The first-order valence-electron chi connectivity index (χ1n) is 8.15. The highest BCUT2D eigenvalue weighted by molar-refractivity contribution is 7.85. The van der Waals surface area contributed by atoms with E-state index in [9.17, 15) is 27.6 Å². The van der Waals surface area contributed by atoms with E-state index < -0.39 is 60.2 Å². The van der Waals surface area contributed by atoms with Gasteiger partial charge in [-0.2, -0.15) is 8.42 Å². The molecule has 14 heteroatoms. The van der Waals surface area contributed by atoms with E-state index in [0.717, 1.165) is 9.80 Å². The minimum atomic E-state index is -4.00. The molecule has 0 aromatic heterocycles. The Labute approximate surface area is 171 Å². The van der Waals surface area contributed by atoms with Crippen LogP contribution in [-0.4, -0.2) is 106 Å². The van der Waals surface area contributed by atoms with Gasteiger partial charge >= 0.3 is 23.9 Å². The van der Waals surface area contributed by atoms with Gasteiger partial charge in [-0.25, -0.2) is 0 Å². The number of carbonyl (C=O) groups is 4. The van der Waals surface area contributed by atoms with Crippen LogP contribution in [-0.2, 0) is 29.3 Å². The van der Waals surface area contributed by atoms with Crippen LogP contribution >= 0.6 is 0 Å². The number of hydrogen-bond acceptors (Lipinski definition) is 8. The second kappa shape index (κ2) is 13.2. The minimum Gasteiger partial charge on any atom is -0.480 e. The fourth-order valence-corrected chi connectivity index (χ4v) is 2.57. The summed E-state index contributed by atoms with van der Waals surface area (Å²) in [6.07, 6.45) is 0. The molecule has 0 aliphatic heterocycles. The second-order valence-electron chi connectivity index (χ2n) is 5.78. The van der Waals surface area contributed by atoms with Crippen LogP contribution in [0.3, 0.4) is 0 Å². The summed E-state index contributed by atoms with van der Waals surface area (Å²) in [6.45, 7) is -2.25. The Bertz CT molecular complexity index is 759. The van der Waals surface area contributed by atoms with Crippen molar-refractivity contribution in [1.29, 1.82) is 0 Å². The third-order valence-corrected chi connectivity index (χ3v) is 4.08. The predicted molar refractivity (Wildman–Crippen MR) is 99.7 cm³/mol. The van der Waals surface area contributed by atoms with E-state index in [0.29, 0.717) is 0 Å². The van der Waals surface area contributed by atoms with Crippen LogP contribution < -0.4 is 0 Å². The zero-order chi connectivity index (χ0) is 23.3. The normalized spacial score (nSPS) is 10.9. The van der Waals surface area contributed by atoms with E-state index in [-0.39, 0.29) is 18.0 Å². The number of rotatable bonds is 12. The van der Waals surface area contributed by atoms with Gasteiger partial charge in [0.25, 0.3) is 10.1 Å². The standard InChI is InChI=1S/C10H16N2O8.C6H6O3S/c13-7(14)3-11(4-8(15)16)1-2-12(5-9(17)18)6-10(19)20;7-10(8,9)6-4-2-1-3-5-6/h1-6H2,(H,13,14)(H,15,16)(H,17,18)(H,19,20);1-5H,(H,7,8,9). The smallest absolute Gasteiger partial charge is 0.317 e. The van der Waals surface area contributed by atoms with E-state index in [2.05, 4.69) is 0 Å². The lowest BCUT2D eigenvalue weighted by Crippen LogP contribution is -2.43. The first-order valence-corrected chi connectivity index (χ1v) is 9.59. The summed E-state index contributed by atoms with van der Waals surface area (Å²) in [5.74, 6) is -4.91. The average Bonchev–Trinajstić information content (AvgIpc) is 2.58. The molecule has 0 amide bonds. The first-order chi connectivity index (χ1) is 13.8. The van der Waals surface area contributed by atoms with Gasteiger partial charge in [0.2, 0.25) is 0 Å². The molecule has 5 N–H and O–H groups in total. The van der Waals surface area contributed by atoms with Crippen molar-refractivity contribution in [3.63, 3.8) is 0 Å². The molecule has 1 aromatic rings. The van der Waals surface area contributed by atoms with Crippen molar-refractivity contribution in [2.75, 3.05) is 39.3 Å². The molecule has 0 spiro atoms. The van der Waals surface area contributed by atoms with E-state index in [1.165, 1.54) is 12.1 Å². The third kappa shape index (κ3) is 14.0. The van der Waals surface area contributed by atoms with Gasteiger partial charge in [-0.1, -0.05) is 18.2 Å². The molecule has 30 heavy (non-hydrogen) atoms. The highest BCUT2D eigenvalue weighted by Gasteiger charge is 2.18. The van der Waals surface area contributed by atoms with Gasteiger partial charge in [-0.05, 0) is 12.1 Å². The molecular weight excluding hydrogens is 428 g/mol. The van der Waals surface area contributed by atoms with Crippen LogP contribution in [0.4, 0.5) is 0 Å². The summed E-state index contributed by atoms with van der Waals surface area (Å²) >= 11 is 0. The van der Waals surface area contributed by atoms with Crippen molar-refractivity contribution < 1.29 is 52.6 Å². The van der Waals surface area contributed by atoms with Gasteiger partial charge in [0.15, 0.2) is 0 Å². The fourth-order valence-electron chi connectivity index (χ4n) is 2.07. The molecule has 13 nitrogen and oxygen atoms in total. The van der Waals surface area contributed by atoms with E-state index >= 15 is 0 Å². The van der Waals surface area contributed by atoms with Crippen LogP contribution in [0.15, 0.2) is 35.2 Å². The number of hydrogen-bond donors (Lipinski definition) is 5. The van der Waals surface area contributed by atoms with Crippen LogP contribution in [0.2, 0.25) is 0 Å². The van der Waals surface area contributed by atoms with Crippen LogP contribution in [0.1, 0.15) is 0 Å². The van der Waals surface area contributed by atoms with Crippen LogP contribution in [0, 0.1) is 0 Å². The molecule has 0 aliphatic rings. The molecule has 0 fully saturated rings. The maximum atomic E-state index is 10.6. The molecule has 1 rings (SSSR count). The van der Waals surface area contributed by atoms with Gasteiger partial charge in [0.1, 0.15) is 0 Å². The van der Waals surface area contributed by atoms with Gasteiger partial charge in [0, 0.05) is 13.1 Å². The lowest BCUT2D eigenvalue weighted by atomic mass is 10.4. The van der Waals surface area contributed by atoms with E-state index in [1.807, 2.05) is 0 Å². The van der Waals surface area contributed by atoms with Crippen molar-refractivity contribution in [2.24, 2.45) is 0 Å². The highest BCUT2D eigenvalue weighted by atomic mass is 32.2. The van der Waals surface area contributed by atoms with Gasteiger partial charge < -0.3 is 20.4 Å². The molecule has 0 aliphatic carbocycles. The number of nitrogens with zero attached hydrogens (tertiary/aromatic N) is 2. The van der Waals surface area contributed by atoms with E-state index in [1.54, 1.807) is 18.2 Å². The largest absolute Gasteiger partial charge is 0.480 e. The Morgan fingerprint density at radius 3 is 1.17 bits per heavy atom. The maximum absolute atomic E-state index is 10.6. The molecule has 0 bridgehead atoms. The fraction of sp³-hybridized carbons (Fsp3) is 0.375. The summed E-state index contributed by atoms with van der Waals surface area (Å²) in [7, 11) is -4.00. The topological polar surface area (TPSA) is 210 Å². The molecule has 168 valence electrons. The Hall–Kier alpha value is -3.07. The van der Waals surface area contributed by atoms with E-state index in [4.69, 9.17) is 25.0 Å². The lowest BCUT2D eigenvalue weighted by molar-refractivity contribution is -0.145. The highest BCUT2D eigenvalue weighted by Crippen LogP contribution is 2.05. The Kier molecular flexibility index (Phi) is 11.9. The SMILES string of the molecule is O=C(O)CN(CCN(CC(=O)O)CC(=O)O)CC(=O)O.O=S(=O)(O)c1ccccc1. The Balaban J connectivity index is 0.000000696. The van der Waals surface area contributed by atoms with Crippen molar-refractivity contribution >= 4 is 34.0 Å². The molecule has 0 saturated heterocycles. The van der Waals surface area contributed by atoms with Crippen LogP contribution in [0.5, 0.6) is 0 Å². The number of aliphatic carboxylic acids is 4. The summed E-state index contributed by atoms with van der Waals surface area (Å²) in [5.41, 5.74) is 0. The van der Waals surface area contributed by atoms with Crippen molar-refractivity contribution in [3.8, 4) is 0 Å². The van der Waals surface area contributed by atoms with Crippen molar-refractivity contribution in [2.45, 2.75) is 4.90 Å². The molecule has 0 saturated carbocycles.